The molecule has 10 rings (SSSR count). The molecule has 4 aromatic heterocycles. The first-order chi connectivity index (χ1) is 28.3. The van der Waals surface area contributed by atoms with E-state index in [9.17, 15) is 0 Å². The third-order valence-corrected chi connectivity index (χ3v) is 10.3. The number of H-pyrrole nitrogens is 3. The number of nitrogens with one attached hydrogen (secondary N) is 3. The van der Waals surface area contributed by atoms with Crippen LogP contribution in [0.3, 0.4) is 0 Å². The number of hydrogen-bond donors (Lipinski definition) is 7. The Morgan fingerprint density at radius 3 is 0.845 bits per heavy atom. The Labute approximate surface area is 335 Å². The van der Waals surface area contributed by atoms with Gasteiger partial charge in [-0.05, 0) is 138 Å². The lowest BCUT2D eigenvalue weighted by molar-refractivity contribution is 1.27. The van der Waals surface area contributed by atoms with Crippen molar-refractivity contribution in [2.75, 3.05) is 22.9 Å². The third kappa shape index (κ3) is 7.00. The summed E-state index contributed by atoms with van der Waals surface area (Å²) in [6.45, 7) is 2.03. The molecule has 0 spiro atoms. The average molecular weight is 756 g/mol. The molecule has 11 N–H and O–H groups in total. The summed E-state index contributed by atoms with van der Waals surface area (Å²) in [5.74, 6) is 0. The number of hydrogen-bond acceptors (Lipinski definition) is 6. The maximum Gasteiger partial charge on any atom is 0.0737 e. The van der Waals surface area contributed by atoms with E-state index < -0.39 is 0 Å². The SMILES string of the molecule is Cc1ccc[nH]1.Nc1ccc(-c2c3nc(c(-c4ccc(N)cc4)c4ccc([nH]4)c(-c4ccc(N)cc4)c4nc(c(-c5ccc(N)cc5)c5ccc2[nH]5)C=C4)C=C3)cc1. The molecule has 2 aliphatic heterocycles. The van der Waals surface area contributed by atoms with E-state index in [4.69, 9.17) is 32.9 Å². The van der Waals surface area contributed by atoms with E-state index in [1.54, 1.807) is 0 Å². The van der Waals surface area contributed by atoms with Crippen molar-refractivity contribution in [3.63, 3.8) is 0 Å². The molecule has 282 valence electrons. The number of nitrogens with zero attached hydrogens (tertiary/aromatic N) is 2. The van der Waals surface area contributed by atoms with Gasteiger partial charge in [0.2, 0.25) is 0 Å². The van der Waals surface area contributed by atoms with Gasteiger partial charge in [0.1, 0.15) is 0 Å². The summed E-state index contributed by atoms with van der Waals surface area (Å²) in [5, 5.41) is 0. The van der Waals surface area contributed by atoms with Gasteiger partial charge < -0.3 is 37.9 Å². The van der Waals surface area contributed by atoms with Gasteiger partial charge in [0.25, 0.3) is 0 Å². The molecule has 0 amide bonds. The summed E-state index contributed by atoms with van der Waals surface area (Å²) in [4.78, 5) is 21.2. The summed E-state index contributed by atoms with van der Waals surface area (Å²) in [7, 11) is 0. The zero-order valence-corrected chi connectivity index (χ0v) is 31.8. The van der Waals surface area contributed by atoms with Crippen molar-refractivity contribution in [2.45, 2.75) is 6.92 Å². The molecule has 0 aliphatic carbocycles. The molecule has 4 aromatic carbocycles. The number of aromatic amines is 3. The normalized spacial score (nSPS) is 11.7. The summed E-state index contributed by atoms with van der Waals surface area (Å²) < 4.78 is 0. The van der Waals surface area contributed by atoms with Crippen molar-refractivity contribution >= 4 is 69.1 Å². The molecule has 8 aromatic rings. The van der Waals surface area contributed by atoms with Gasteiger partial charge >= 0.3 is 0 Å². The number of benzene rings is 4. The second-order valence-electron chi connectivity index (χ2n) is 14.3. The van der Waals surface area contributed by atoms with Gasteiger partial charge in [-0.1, -0.05) is 48.5 Å². The predicted molar refractivity (Wildman–Crippen MR) is 244 cm³/mol. The van der Waals surface area contributed by atoms with E-state index in [0.29, 0.717) is 22.7 Å². The largest absolute Gasteiger partial charge is 0.399 e. The Hall–Kier alpha value is -8.04. The van der Waals surface area contributed by atoms with E-state index in [-0.39, 0.29) is 0 Å². The highest BCUT2D eigenvalue weighted by molar-refractivity contribution is 6.00. The molecule has 6 heterocycles. The quantitative estimate of drug-likeness (QED) is 0.0879. The maximum atomic E-state index is 6.15. The highest BCUT2D eigenvalue weighted by Crippen LogP contribution is 2.39. The van der Waals surface area contributed by atoms with Gasteiger partial charge in [-0.25, -0.2) is 9.97 Å². The Kier molecular flexibility index (Phi) is 9.15. The van der Waals surface area contributed by atoms with Gasteiger partial charge in [-0.3, -0.25) is 0 Å². The lowest BCUT2D eigenvalue weighted by Gasteiger charge is -2.07. The van der Waals surface area contributed by atoms with E-state index in [1.807, 2.05) is 122 Å². The van der Waals surface area contributed by atoms with E-state index >= 15 is 0 Å². The molecular formula is C49H41N9. The van der Waals surface area contributed by atoms with Crippen LogP contribution in [0, 0.1) is 6.92 Å². The van der Waals surface area contributed by atoms with Crippen molar-refractivity contribution in [3.8, 4) is 44.5 Å². The zero-order valence-electron chi connectivity index (χ0n) is 31.8. The second-order valence-corrected chi connectivity index (χ2v) is 14.3. The standard InChI is InChI=1S/C44H34N8.C5H7N/c45-29-9-1-25(2-10-29)41-33-17-19-35(49-33)42(26-3-11-30(46)12-4-26)37-21-23-39(51-37)44(28-7-15-32(48)16-8-28)40-24-22-38(52-40)43(36-20-18-34(41)50-36)27-5-13-31(47)14-6-27;1-5-3-2-4-6-5/h1-24,49,52H,45-48H2;2-4,6H,1H3. The summed E-state index contributed by atoms with van der Waals surface area (Å²) in [5.41, 5.74) is 43.1. The summed E-state index contributed by atoms with van der Waals surface area (Å²) >= 11 is 0. The second kappa shape index (κ2) is 14.9. The highest BCUT2D eigenvalue weighted by Gasteiger charge is 2.19. The number of nitrogens with two attached hydrogens (primary N) is 4. The topological polar surface area (TPSA) is 177 Å². The molecule has 9 heteroatoms. The highest BCUT2D eigenvalue weighted by atomic mass is 14.8. The third-order valence-electron chi connectivity index (χ3n) is 10.3. The summed E-state index contributed by atoms with van der Waals surface area (Å²) in [6, 6.07) is 44.0. The lowest BCUT2D eigenvalue weighted by Crippen LogP contribution is -1.91. The van der Waals surface area contributed by atoms with Gasteiger partial charge in [0.15, 0.2) is 0 Å². The van der Waals surface area contributed by atoms with E-state index in [0.717, 1.165) is 89.4 Å². The fourth-order valence-corrected chi connectivity index (χ4v) is 7.44. The molecule has 0 saturated carbocycles. The smallest absolute Gasteiger partial charge is 0.0737 e. The molecule has 8 bridgehead atoms. The first-order valence-electron chi connectivity index (χ1n) is 19.0. The Morgan fingerprint density at radius 2 is 0.638 bits per heavy atom. The molecule has 2 aliphatic rings. The molecule has 0 radical (unpaired) electrons. The van der Waals surface area contributed by atoms with Gasteiger partial charge in [0, 0.05) is 79.0 Å². The molecule has 9 nitrogen and oxygen atoms in total. The molecule has 58 heavy (non-hydrogen) atoms. The molecule has 0 atom stereocenters. The molecule has 0 unspecified atom stereocenters. The van der Waals surface area contributed by atoms with E-state index in [1.165, 1.54) is 5.69 Å². The minimum atomic E-state index is 0.689. The van der Waals surface area contributed by atoms with Crippen LogP contribution in [0.5, 0.6) is 0 Å². The van der Waals surface area contributed by atoms with Crippen LogP contribution in [0.2, 0.25) is 0 Å². The average Bonchev–Trinajstić information content (AvgIpc) is 4.09. The van der Waals surface area contributed by atoms with Gasteiger partial charge in [-0.15, -0.1) is 0 Å². The van der Waals surface area contributed by atoms with Gasteiger partial charge in [-0.2, -0.15) is 0 Å². The van der Waals surface area contributed by atoms with Crippen molar-refractivity contribution in [3.05, 3.63) is 168 Å². The Bertz CT molecular complexity index is 2630. The van der Waals surface area contributed by atoms with Crippen LogP contribution in [0.25, 0.3) is 90.9 Å². The van der Waals surface area contributed by atoms with Crippen LogP contribution in [-0.4, -0.2) is 24.9 Å². The number of rotatable bonds is 4. The first-order valence-corrected chi connectivity index (χ1v) is 19.0. The number of anilines is 4. The van der Waals surface area contributed by atoms with E-state index in [2.05, 4.69) is 63.5 Å². The number of fused-ring (bicyclic) bond motifs is 8. The van der Waals surface area contributed by atoms with Crippen LogP contribution >= 0.6 is 0 Å². The number of aryl methyl sites for hydroxylation is 1. The fraction of sp³-hybridized carbons (Fsp3) is 0.0204. The predicted octanol–water partition coefficient (Wildman–Crippen LogP) is 11.0. The van der Waals surface area contributed by atoms with Gasteiger partial charge in [0.05, 0.1) is 22.8 Å². The van der Waals surface area contributed by atoms with Crippen molar-refractivity contribution < 1.29 is 0 Å². The zero-order chi connectivity index (χ0) is 39.8. The van der Waals surface area contributed by atoms with Crippen molar-refractivity contribution in [1.29, 1.82) is 0 Å². The minimum absolute atomic E-state index is 0.689. The molecule has 0 saturated heterocycles. The van der Waals surface area contributed by atoms with Crippen molar-refractivity contribution in [2.24, 2.45) is 0 Å². The molecule has 0 fully saturated rings. The Morgan fingerprint density at radius 1 is 0.362 bits per heavy atom. The Balaban J connectivity index is 0.000000668. The van der Waals surface area contributed by atoms with Crippen LogP contribution in [0.4, 0.5) is 22.7 Å². The molecular weight excluding hydrogens is 715 g/mol. The lowest BCUT2D eigenvalue weighted by atomic mass is 10.0. The first kappa shape index (κ1) is 35.6. The fourth-order valence-electron chi connectivity index (χ4n) is 7.44. The maximum absolute atomic E-state index is 6.15. The number of aromatic nitrogens is 5. The van der Waals surface area contributed by atoms with Crippen LogP contribution in [-0.2, 0) is 0 Å². The van der Waals surface area contributed by atoms with Crippen LogP contribution < -0.4 is 22.9 Å². The van der Waals surface area contributed by atoms with Crippen LogP contribution in [0.15, 0.2) is 140 Å². The monoisotopic (exact) mass is 755 g/mol. The van der Waals surface area contributed by atoms with Crippen LogP contribution in [0.1, 0.15) is 28.5 Å². The van der Waals surface area contributed by atoms with Crippen molar-refractivity contribution in [1.82, 2.24) is 24.9 Å². The summed E-state index contributed by atoms with van der Waals surface area (Å²) in [6.07, 6.45) is 10.2. The number of nitrogen functional groups attached to an aromatic ring is 4. The minimum Gasteiger partial charge on any atom is -0.399 e.